The number of hydrogen-bond donors (Lipinski definition) is 0. The lowest BCUT2D eigenvalue weighted by molar-refractivity contribution is -0.114. The van der Waals surface area contributed by atoms with Crippen molar-refractivity contribution in [3.63, 3.8) is 0 Å². The molecular weight excluding hydrogens is 216 g/mol. The Labute approximate surface area is 89.6 Å². The quantitative estimate of drug-likeness (QED) is 0.593. The molecular formula is C9H8N2OS2. The highest BCUT2D eigenvalue weighted by Crippen LogP contribution is 2.28. The third-order valence-corrected chi connectivity index (χ3v) is 3.80. The summed E-state index contributed by atoms with van der Waals surface area (Å²) in [4.78, 5) is 19.1. The minimum Gasteiger partial charge on any atom is -0.299 e. The molecule has 0 aliphatic heterocycles. The Morgan fingerprint density at radius 2 is 2.43 bits per heavy atom. The van der Waals surface area contributed by atoms with Crippen molar-refractivity contribution in [3.05, 3.63) is 17.8 Å². The monoisotopic (exact) mass is 224 g/mol. The Morgan fingerprint density at radius 3 is 3.21 bits per heavy atom. The van der Waals surface area contributed by atoms with E-state index in [2.05, 4.69) is 9.97 Å². The largest absolute Gasteiger partial charge is 0.299 e. The van der Waals surface area contributed by atoms with Gasteiger partial charge in [-0.05, 0) is 18.4 Å². The van der Waals surface area contributed by atoms with Gasteiger partial charge in [0.2, 0.25) is 0 Å². The number of hydrogen-bond acceptors (Lipinski definition) is 5. The van der Waals surface area contributed by atoms with E-state index in [9.17, 15) is 4.79 Å². The van der Waals surface area contributed by atoms with Gasteiger partial charge < -0.3 is 0 Å². The van der Waals surface area contributed by atoms with Gasteiger partial charge in [0.25, 0.3) is 0 Å². The fraction of sp³-hybridized carbons (Fsp3) is 0.222. The number of thiophene rings is 1. The normalized spacial score (nSPS) is 10.6. The number of carbonyl (C=O) groups excluding carboxylic acids is 1. The van der Waals surface area contributed by atoms with Gasteiger partial charge >= 0.3 is 0 Å². The van der Waals surface area contributed by atoms with Gasteiger partial charge in [0.1, 0.15) is 17.1 Å². The molecule has 0 amide bonds. The van der Waals surface area contributed by atoms with Gasteiger partial charge in [0, 0.05) is 0 Å². The van der Waals surface area contributed by atoms with Crippen LogP contribution in [0.5, 0.6) is 0 Å². The van der Waals surface area contributed by atoms with Crippen LogP contribution in [0.1, 0.15) is 6.92 Å². The highest BCUT2D eigenvalue weighted by molar-refractivity contribution is 8.00. The summed E-state index contributed by atoms with van der Waals surface area (Å²) in [7, 11) is 0. The first-order valence-electron chi connectivity index (χ1n) is 4.08. The van der Waals surface area contributed by atoms with Crippen molar-refractivity contribution in [3.8, 4) is 0 Å². The van der Waals surface area contributed by atoms with E-state index in [0.29, 0.717) is 5.75 Å². The van der Waals surface area contributed by atoms with E-state index < -0.39 is 0 Å². The highest BCUT2D eigenvalue weighted by Gasteiger charge is 2.06. The first-order valence-corrected chi connectivity index (χ1v) is 5.94. The zero-order chi connectivity index (χ0) is 9.97. The van der Waals surface area contributed by atoms with E-state index >= 15 is 0 Å². The van der Waals surface area contributed by atoms with E-state index in [1.165, 1.54) is 18.1 Å². The van der Waals surface area contributed by atoms with E-state index in [-0.39, 0.29) is 5.78 Å². The molecule has 0 aromatic carbocycles. The van der Waals surface area contributed by atoms with Crippen LogP contribution in [0, 0.1) is 0 Å². The maximum Gasteiger partial charge on any atom is 0.140 e. The second kappa shape index (κ2) is 4.06. The van der Waals surface area contributed by atoms with Crippen LogP contribution < -0.4 is 0 Å². The maximum absolute atomic E-state index is 10.8. The maximum atomic E-state index is 10.8. The third-order valence-electron chi connectivity index (χ3n) is 1.62. The van der Waals surface area contributed by atoms with Crippen molar-refractivity contribution in [1.82, 2.24) is 9.97 Å². The van der Waals surface area contributed by atoms with E-state index in [1.54, 1.807) is 18.3 Å². The predicted octanol–water partition coefficient (Wildman–Crippen LogP) is 2.37. The van der Waals surface area contributed by atoms with Crippen molar-refractivity contribution in [2.75, 3.05) is 5.75 Å². The second-order valence-electron chi connectivity index (χ2n) is 2.80. The number of nitrogens with zero attached hydrogens (tertiary/aromatic N) is 2. The van der Waals surface area contributed by atoms with Crippen LogP contribution in [0.2, 0.25) is 0 Å². The van der Waals surface area contributed by atoms with Gasteiger partial charge in [-0.15, -0.1) is 11.3 Å². The molecule has 2 heterocycles. The molecule has 0 N–H and O–H groups in total. The summed E-state index contributed by atoms with van der Waals surface area (Å²) in [5.74, 6) is 0.641. The molecule has 0 saturated heterocycles. The molecule has 72 valence electrons. The van der Waals surface area contributed by atoms with Crippen molar-refractivity contribution < 1.29 is 4.79 Å². The SMILES string of the molecule is CC(=O)CSc1ncnc2ccsc12. The first-order chi connectivity index (χ1) is 6.77. The van der Waals surface area contributed by atoms with Gasteiger partial charge in [-0.25, -0.2) is 9.97 Å². The zero-order valence-corrected chi connectivity index (χ0v) is 9.19. The lowest BCUT2D eigenvalue weighted by Gasteiger charge is -1.98. The summed E-state index contributed by atoms with van der Waals surface area (Å²) in [6.45, 7) is 1.58. The summed E-state index contributed by atoms with van der Waals surface area (Å²) in [6, 6.07) is 1.96. The molecule has 0 saturated carbocycles. The molecule has 0 aliphatic carbocycles. The first kappa shape index (κ1) is 9.61. The number of fused-ring (bicyclic) bond motifs is 1. The Kier molecular flexibility index (Phi) is 2.79. The fourth-order valence-corrected chi connectivity index (χ4v) is 2.79. The average molecular weight is 224 g/mol. The van der Waals surface area contributed by atoms with E-state index in [0.717, 1.165) is 15.2 Å². The van der Waals surface area contributed by atoms with Crippen LogP contribution in [0.15, 0.2) is 22.8 Å². The summed E-state index contributed by atoms with van der Waals surface area (Å²) < 4.78 is 1.07. The topological polar surface area (TPSA) is 42.9 Å². The lowest BCUT2D eigenvalue weighted by atomic mass is 10.5. The number of thioether (sulfide) groups is 1. The summed E-state index contributed by atoms with van der Waals surface area (Å²) >= 11 is 3.08. The summed E-state index contributed by atoms with van der Waals surface area (Å²) in [6.07, 6.45) is 1.54. The molecule has 0 radical (unpaired) electrons. The van der Waals surface area contributed by atoms with Crippen LogP contribution >= 0.6 is 23.1 Å². The predicted molar refractivity (Wildman–Crippen MR) is 58.8 cm³/mol. The summed E-state index contributed by atoms with van der Waals surface area (Å²) in [5, 5.41) is 2.89. The van der Waals surface area contributed by atoms with Crippen LogP contribution in [-0.2, 0) is 4.79 Å². The van der Waals surface area contributed by atoms with Gasteiger partial charge in [0.15, 0.2) is 0 Å². The molecule has 2 rings (SSSR count). The summed E-state index contributed by atoms with van der Waals surface area (Å²) in [5.41, 5.74) is 0.955. The van der Waals surface area contributed by atoms with Crippen LogP contribution in [0.25, 0.3) is 10.2 Å². The smallest absolute Gasteiger partial charge is 0.140 e. The Morgan fingerprint density at radius 1 is 1.57 bits per heavy atom. The molecule has 3 nitrogen and oxygen atoms in total. The van der Waals surface area contributed by atoms with Crippen molar-refractivity contribution in [1.29, 1.82) is 0 Å². The Hall–Kier alpha value is -0.940. The molecule has 0 bridgehead atoms. The third kappa shape index (κ3) is 1.93. The van der Waals surface area contributed by atoms with E-state index in [1.807, 2.05) is 11.4 Å². The zero-order valence-electron chi connectivity index (χ0n) is 7.56. The van der Waals surface area contributed by atoms with Gasteiger partial charge in [-0.2, -0.15) is 0 Å². The molecule has 2 aromatic heterocycles. The van der Waals surface area contributed by atoms with Gasteiger partial charge in [-0.3, -0.25) is 4.79 Å². The number of aromatic nitrogens is 2. The molecule has 0 unspecified atom stereocenters. The molecule has 5 heteroatoms. The van der Waals surface area contributed by atoms with Crippen LogP contribution in [-0.4, -0.2) is 21.5 Å². The van der Waals surface area contributed by atoms with Crippen molar-refractivity contribution >= 4 is 39.1 Å². The number of rotatable bonds is 3. The van der Waals surface area contributed by atoms with Crippen molar-refractivity contribution in [2.24, 2.45) is 0 Å². The standard InChI is InChI=1S/C9H8N2OS2/c1-6(12)4-14-9-8-7(2-3-13-8)10-5-11-9/h2-3,5H,4H2,1H3. The van der Waals surface area contributed by atoms with Crippen LogP contribution in [0.3, 0.4) is 0 Å². The van der Waals surface area contributed by atoms with E-state index in [4.69, 9.17) is 0 Å². The molecule has 0 aliphatic rings. The Balaban J connectivity index is 2.32. The average Bonchev–Trinajstić information content (AvgIpc) is 2.62. The number of ketones is 1. The van der Waals surface area contributed by atoms with Crippen LogP contribution in [0.4, 0.5) is 0 Å². The molecule has 0 spiro atoms. The van der Waals surface area contributed by atoms with Gasteiger partial charge in [0.05, 0.1) is 16.0 Å². The Bertz CT molecular complexity index is 467. The lowest BCUT2D eigenvalue weighted by Crippen LogP contribution is -1.94. The number of Topliss-reactive ketones (excluding diaryl/α,β-unsaturated/α-hetero) is 1. The van der Waals surface area contributed by atoms with Crippen molar-refractivity contribution in [2.45, 2.75) is 11.9 Å². The van der Waals surface area contributed by atoms with Gasteiger partial charge in [-0.1, -0.05) is 11.8 Å². The molecule has 2 aromatic rings. The molecule has 0 atom stereocenters. The minimum absolute atomic E-state index is 0.165. The molecule has 0 fully saturated rings. The highest BCUT2D eigenvalue weighted by atomic mass is 32.2. The minimum atomic E-state index is 0.165. The molecule has 14 heavy (non-hydrogen) atoms. The second-order valence-corrected chi connectivity index (χ2v) is 4.68. The number of carbonyl (C=O) groups is 1. The fourth-order valence-electron chi connectivity index (χ4n) is 1.04.